The minimum Gasteiger partial charge on any atom is -0.481 e. The van der Waals surface area contributed by atoms with E-state index in [2.05, 4.69) is 74.4 Å². The van der Waals surface area contributed by atoms with Gasteiger partial charge in [0.25, 0.3) is 0 Å². The summed E-state index contributed by atoms with van der Waals surface area (Å²) < 4.78 is 0. The van der Waals surface area contributed by atoms with Crippen molar-refractivity contribution < 1.29 is 96.8 Å². The lowest BCUT2D eigenvalue weighted by atomic mass is 10.0. The number of benzene rings is 2. The number of carbonyl (C=O) groups excluding carboxylic acids is 14. The van der Waals surface area contributed by atoms with Crippen molar-refractivity contribution in [3.63, 3.8) is 0 Å². The Bertz CT molecular complexity index is 3370. The van der Waals surface area contributed by atoms with E-state index in [1.807, 2.05) is 0 Å². The first-order chi connectivity index (χ1) is 50.9. The smallest absolute Gasteiger partial charge is 0.325 e. The number of nitrogens with two attached hydrogens (primary N) is 4. The molecule has 0 aliphatic heterocycles. The molecule has 0 radical (unpaired) electrons. The van der Waals surface area contributed by atoms with Crippen molar-refractivity contribution >= 4 is 101 Å². The number of amides is 14. The number of rotatable bonds is 51. The van der Waals surface area contributed by atoms with Crippen molar-refractivity contribution in [2.24, 2.45) is 22.9 Å². The third-order valence-corrected chi connectivity index (χ3v) is 16.9. The summed E-state index contributed by atoms with van der Waals surface area (Å²) >= 11 is 0. The topological polar surface area (TPSA) is 623 Å². The van der Waals surface area contributed by atoms with Crippen LogP contribution in [0, 0.1) is 0 Å². The largest absolute Gasteiger partial charge is 0.481 e. The summed E-state index contributed by atoms with van der Waals surface area (Å²) in [5.74, 6) is -16.3. The fourth-order valence-electron chi connectivity index (χ4n) is 10.2. The highest BCUT2D eigenvalue weighted by atomic mass is 16.4. The number of aliphatic carboxylic acids is 3. The van der Waals surface area contributed by atoms with Gasteiger partial charge in [-0.25, -0.2) is 0 Å². The molecule has 0 aliphatic carbocycles. The van der Waals surface area contributed by atoms with Crippen LogP contribution >= 0.6 is 0 Å². The molecule has 2 aromatic carbocycles. The molecule has 0 saturated carbocycles. The fraction of sp³-hybridized carbons (Fsp3) is 0.586. The second-order valence-electron chi connectivity index (χ2n) is 26.3. The summed E-state index contributed by atoms with van der Waals surface area (Å²) in [6.45, 7) is 10.9. The van der Waals surface area contributed by atoms with E-state index in [9.17, 15) is 86.6 Å². The molecule has 0 bridgehead atoms. The number of carboxylic acid groups (broad SMARTS) is 3. The highest BCUT2D eigenvalue weighted by Gasteiger charge is 2.36. The maximum Gasteiger partial charge on any atom is 0.325 e. The van der Waals surface area contributed by atoms with E-state index in [0.717, 1.165) is 0 Å². The molecule has 0 heterocycles. The zero-order chi connectivity index (χ0) is 81.3. The van der Waals surface area contributed by atoms with Crippen LogP contribution in [0.5, 0.6) is 0 Å². The third-order valence-electron chi connectivity index (χ3n) is 16.9. The van der Waals surface area contributed by atoms with Gasteiger partial charge in [0.1, 0.15) is 84.6 Å². The Kier molecular flexibility index (Phi) is 42.5. The van der Waals surface area contributed by atoms with E-state index in [0.29, 0.717) is 36.8 Å². The molecule has 0 fully saturated rings. The van der Waals surface area contributed by atoms with E-state index < -0.39 is 210 Å². The molecule has 0 saturated heterocycles. The highest BCUT2D eigenvalue weighted by molar-refractivity contribution is 6.00. The summed E-state index contributed by atoms with van der Waals surface area (Å²) in [6.07, 6.45) is -0.148. The van der Waals surface area contributed by atoms with Crippen LogP contribution in [0.4, 0.5) is 0 Å². The molecule has 2 rings (SSSR count). The van der Waals surface area contributed by atoms with Gasteiger partial charge in [-0.2, -0.15) is 0 Å². The third kappa shape index (κ3) is 35.6. The average molecular weight is 1520 g/mol. The van der Waals surface area contributed by atoms with Crippen LogP contribution in [-0.4, -0.2) is 226 Å². The van der Waals surface area contributed by atoms with Gasteiger partial charge in [-0.3, -0.25) is 81.5 Å². The molecule has 25 N–H and O–H groups in total. The summed E-state index contributed by atoms with van der Waals surface area (Å²) in [4.78, 5) is 225. The second kappa shape index (κ2) is 49.2. The van der Waals surface area contributed by atoms with Crippen LogP contribution in [0.25, 0.3) is 0 Å². The van der Waals surface area contributed by atoms with Crippen LogP contribution in [-0.2, 0) is 94.3 Å². The quantitative estimate of drug-likeness (QED) is 0.0276. The molecule has 0 unspecified atom stereocenters. The molecule has 38 nitrogen and oxygen atoms in total. The maximum atomic E-state index is 14.6. The zero-order valence-electron chi connectivity index (χ0n) is 62.3. The van der Waals surface area contributed by atoms with Gasteiger partial charge in [-0.1, -0.05) is 60.7 Å². The average Bonchev–Trinajstić information content (AvgIpc) is 0.857. The Morgan fingerprint density at radius 3 is 0.796 bits per heavy atom. The molecular weight excluding hydrogens is 1410 g/mol. The van der Waals surface area contributed by atoms with Gasteiger partial charge in [0.05, 0.1) is 6.04 Å². The SMILES string of the molecule is C[C@H](NC(=O)[C@H](C)NC(=O)[C@H](C)NC(=O)[C@H](C)NC(=O)[C@H](C)NC(=O)[C@H](C)NC(=O)[C@H](CCCCN)NC(=O)[C@H](Cc1ccccc1)NC(=O)[C@H](C)NC(=O)[C@H](CCC(=O)O)NC(=O)[C@H](Cc1ccccc1)NC(=O)[C@H](CCCCN)NC(=O)[C@H](C)NC(=O)[C@H](CCCCN)NC(=O)[C@@H](N)CCC(=O)O)C(=O)O. The van der Waals surface area contributed by atoms with Crippen molar-refractivity contribution in [2.75, 3.05) is 19.6 Å². The summed E-state index contributed by atoms with van der Waals surface area (Å²) in [5.41, 5.74) is 24.1. The van der Waals surface area contributed by atoms with Gasteiger partial charge in [0.2, 0.25) is 82.7 Å². The van der Waals surface area contributed by atoms with E-state index >= 15 is 0 Å². The van der Waals surface area contributed by atoms with Gasteiger partial charge in [-0.15, -0.1) is 0 Å². The van der Waals surface area contributed by atoms with Crippen molar-refractivity contribution in [2.45, 2.75) is 242 Å². The van der Waals surface area contributed by atoms with E-state index in [4.69, 9.17) is 33.1 Å². The van der Waals surface area contributed by atoms with Crippen LogP contribution < -0.4 is 97.4 Å². The molecule has 0 aliphatic rings. The van der Waals surface area contributed by atoms with Crippen LogP contribution in [0.1, 0.15) is 150 Å². The van der Waals surface area contributed by atoms with Crippen LogP contribution in [0.3, 0.4) is 0 Å². The number of hydrogen-bond donors (Lipinski definition) is 21. The van der Waals surface area contributed by atoms with Gasteiger partial charge in [0, 0.05) is 25.7 Å². The molecule has 15 atom stereocenters. The van der Waals surface area contributed by atoms with Crippen LogP contribution in [0.2, 0.25) is 0 Å². The number of hydrogen-bond acceptors (Lipinski definition) is 21. The first-order valence-electron chi connectivity index (χ1n) is 35.8. The maximum absolute atomic E-state index is 14.6. The molecule has 14 amide bonds. The lowest BCUT2D eigenvalue weighted by molar-refractivity contribution is -0.141. The van der Waals surface area contributed by atoms with Crippen molar-refractivity contribution in [3.8, 4) is 0 Å². The van der Waals surface area contributed by atoms with Gasteiger partial charge >= 0.3 is 17.9 Å². The van der Waals surface area contributed by atoms with Crippen molar-refractivity contribution in [1.29, 1.82) is 0 Å². The second-order valence-corrected chi connectivity index (χ2v) is 26.3. The summed E-state index contributed by atoms with van der Waals surface area (Å²) in [7, 11) is 0. The fourth-order valence-corrected chi connectivity index (χ4v) is 10.2. The number of carboxylic acids is 3. The molecule has 0 aromatic heterocycles. The predicted molar refractivity (Wildman–Crippen MR) is 391 cm³/mol. The number of unbranched alkanes of at least 4 members (excludes halogenated alkanes) is 3. The van der Waals surface area contributed by atoms with Crippen LogP contribution in [0.15, 0.2) is 60.7 Å². The Morgan fingerprint density at radius 2 is 0.500 bits per heavy atom. The minimum atomic E-state index is -1.70. The molecule has 38 heteroatoms. The number of carbonyl (C=O) groups is 17. The standard InChI is InChI=1S/C70H110N18O20/c1-37(56(93)76-38(2)58(95)78-40(4)60(97)82-44(8)70(107)108)75-57(94)39(3)77-59(96)41(5)79-65(102)49(26-16-19-33-72)85-68(105)52(35-45-21-11-9-12-22-45)87-62(99)43(7)81-66(103)51(29-31-55(91)92)86-69(106)53(36-46-23-13-10-14-24-46)88-67(104)50(27-17-20-34-73)83-61(98)42(6)80-64(101)48(25-15-18-32-71)84-63(100)47(74)28-30-54(89)90/h9-14,21-24,37-44,47-53H,15-20,25-36,71-74H2,1-8H3,(H,75,94)(H,76,93)(H,77,96)(H,78,95)(H,79,102)(H,80,101)(H,81,103)(H,82,97)(H,83,98)(H,84,100)(H,85,105)(H,86,106)(H,87,99)(H,88,104)(H,89,90)(H,91,92)(H,107,108)/t37-,38-,39-,40-,41-,42-,43-,44-,47-,48-,49-,50-,51-,52-,53-/m0/s1. The first-order valence-corrected chi connectivity index (χ1v) is 35.8. The zero-order valence-corrected chi connectivity index (χ0v) is 62.3. The summed E-state index contributed by atoms with van der Waals surface area (Å²) in [5, 5.41) is 62.6. The molecule has 600 valence electrons. The highest BCUT2D eigenvalue weighted by Crippen LogP contribution is 2.13. The Morgan fingerprint density at radius 1 is 0.278 bits per heavy atom. The lowest BCUT2D eigenvalue weighted by Gasteiger charge is -2.27. The van der Waals surface area contributed by atoms with E-state index in [-0.39, 0.29) is 71.0 Å². The molecule has 108 heavy (non-hydrogen) atoms. The lowest BCUT2D eigenvalue weighted by Crippen LogP contribution is -2.60. The molecule has 2 aromatic rings. The van der Waals surface area contributed by atoms with Crippen molar-refractivity contribution in [1.82, 2.24) is 74.4 Å². The normalized spacial score (nSPS) is 15.1. The Balaban J connectivity index is 2.35. The van der Waals surface area contributed by atoms with Crippen molar-refractivity contribution in [3.05, 3.63) is 71.8 Å². The molecular formula is C70H110N18O20. The number of nitrogens with one attached hydrogen (secondary N) is 14. The minimum absolute atomic E-state index is 0.0350. The monoisotopic (exact) mass is 1520 g/mol. The van der Waals surface area contributed by atoms with E-state index in [1.165, 1.54) is 55.4 Å². The summed E-state index contributed by atoms with van der Waals surface area (Å²) in [6, 6.07) is -3.89. The van der Waals surface area contributed by atoms with Gasteiger partial charge < -0.3 is 113 Å². The van der Waals surface area contributed by atoms with E-state index in [1.54, 1.807) is 60.7 Å². The van der Waals surface area contributed by atoms with Gasteiger partial charge in [0.15, 0.2) is 0 Å². The Labute approximate surface area is 626 Å². The molecule has 0 spiro atoms. The first kappa shape index (κ1) is 93.4. The predicted octanol–water partition coefficient (Wildman–Crippen LogP) is -5.05. The Hall–Kier alpha value is -10.7. The van der Waals surface area contributed by atoms with Gasteiger partial charge in [-0.05, 0) is 157 Å².